The minimum atomic E-state index is 0.0396. The van der Waals surface area contributed by atoms with Gasteiger partial charge < -0.3 is 10.2 Å². The van der Waals surface area contributed by atoms with Gasteiger partial charge in [-0.3, -0.25) is 4.90 Å². The minimum absolute atomic E-state index is 0.0396. The molecule has 2 aromatic rings. The lowest BCUT2D eigenvalue weighted by Crippen LogP contribution is -2.42. The van der Waals surface area contributed by atoms with Gasteiger partial charge in [-0.05, 0) is 31.6 Å². The van der Waals surface area contributed by atoms with E-state index in [1.54, 1.807) is 11.3 Å². The lowest BCUT2D eigenvalue weighted by molar-refractivity contribution is 0.193. The van der Waals surface area contributed by atoms with Crippen LogP contribution in [0.4, 0.5) is 4.79 Å². The first-order valence-electron chi connectivity index (χ1n) is 9.57. The zero-order valence-electron chi connectivity index (χ0n) is 15.9. The average Bonchev–Trinajstić information content (AvgIpc) is 3.33. The van der Waals surface area contributed by atoms with E-state index in [0.717, 1.165) is 60.3 Å². The van der Waals surface area contributed by atoms with Crippen molar-refractivity contribution in [3.8, 4) is 10.6 Å². The zero-order chi connectivity index (χ0) is 19.2. The van der Waals surface area contributed by atoms with Crippen molar-refractivity contribution in [2.75, 3.05) is 32.7 Å². The molecule has 0 bridgehead atoms. The van der Waals surface area contributed by atoms with Gasteiger partial charge in [-0.25, -0.2) is 9.78 Å². The Morgan fingerprint density at radius 3 is 2.78 bits per heavy atom. The molecule has 1 saturated heterocycles. The quantitative estimate of drug-likeness (QED) is 0.751. The summed E-state index contributed by atoms with van der Waals surface area (Å²) < 4.78 is 0. The normalized spacial score (nSPS) is 16.9. The van der Waals surface area contributed by atoms with Crippen LogP contribution in [0.5, 0.6) is 0 Å². The number of urea groups is 1. The predicted molar refractivity (Wildman–Crippen MR) is 113 cm³/mol. The molecule has 3 rings (SSSR count). The fraction of sp³-hybridized carbons (Fsp3) is 0.500. The molecule has 1 N–H and O–H groups in total. The van der Waals surface area contributed by atoms with Gasteiger partial charge in [0.25, 0.3) is 0 Å². The van der Waals surface area contributed by atoms with Crippen molar-refractivity contribution in [2.24, 2.45) is 0 Å². The molecule has 1 aromatic carbocycles. The first-order chi connectivity index (χ1) is 13.1. The molecule has 1 unspecified atom stereocenters. The lowest BCUT2D eigenvalue weighted by Gasteiger charge is -2.26. The standard InChI is InChI=1S/C20H27ClN4OS/c1-3-24(4-2)18-10-12-25(13-18)20(26)22-11-9-17-14-27-19(23-17)15-5-7-16(21)8-6-15/h5-8,14,18H,3-4,9-13H2,1-2H3,(H,22,26). The molecule has 0 aliphatic carbocycles. The number of nitrogens with zero attached hydrogens (tertiary/aromatic N) is 3. The van der Waals surface area contributed by atoms with Crippen LogP contribution in [0.1, 0.15) is 26.0 Å². The molecule has 2 amide bonds. The maximum atomic E-state index is 12.4. The topological polar surface area (TPSA) is 48.5 Å². The Kier molecular flexibility index (Phi) is 7.10. The molecule has 1 fully saturated rings. The van der Waals surface area contributed by atoms with Gasteiger partial charge in [0.05, 0.1) is 5.69 Å². The molecule has 2 heterocycles. The van der Waals surface area contributed by atoms with Gasteiger partial charge in [0.1, 0.15) is 5.01 Å². The largest absolute Gasteiger partial charge is 0.338 e. The highest BCUT2D eigenvalue weighted by Crippen LogP contribution is 2.25. The summed E-state index contributed by atoms with van der Waals surface area (Å²) in [5.74, 6) is 0. The van der Waals surface area contributed by atoms with Crippen molar-refractivity contribution in [3.63, 3.8) is 0 Å². The van der Waals surface area contributed by atoms with Crippen LogP contribution in [0.25, 0.3) is 10.6 Å². The molecule has 1 aliphatic rings. The van der Waals surface area contributed by atoms with Crippen molar-refractivity contribution < 1.29 is 4.79 Å². The number of aromatic nitrogens is 1. The van der Waals surface area contributed by atoms with Gasteiger partial charge in [-0.15, -0.1) is 11.3 Å². The number of hydrogen-bond acceptors (Lipinski definition) is 4. The maximum absolute atomic E-state index is 12.4. The SMILES string of the molecule is CCN(CC)C1CCN(C(=O)NCCc2csc(-c3ccc(Cl)cc3)n2)C1. The monoisotopic (exact) mass is 406 g/mol. The number of likely N-dealkylation sites (N-methyl/N-ethyl adjacent to an activating group) is 1. The fourth-order valence-electron chi connectivity index (χ4n) is 3.52. The number of nitrogens with one attached hydrogen (secondary N) is 1. The summed E-state index contributed by atoms with van der Waals surface area (Å²) in [4.78, 5) is 21.4. The number of carbonyl (C=O) groups excluding carboxylic acids is 1. The van der Waals surface area contributed by atoms with Crippen LogP contribution < -0.4 is 5.32 Å². The molecule has 1 atom stereocenters. The zero-order valence-corrected chi connectivity index (χ0v) is 17.5. The van der Waals surface area contributed by atoms with Gasteiger partial charge in [-0.1, -0.05) is 37.6 Å². The van der Waals surface area contributed by atoms with Crippen LogP contribution >= 0.6 is 22.9 Å². The molecule has 0 spiro atoms. The number of likely N-dealkylation sites (tertiary alicyclic amines) is 1. The second-order valence-electron chi connectivity index (χ2n) is 6.74. The molecular weight excluding hydrogens is 380 g/mol. The molecule has 0 saturated carbocycles. The van der Waals surface area contributed by atoms with Crippen LogP contribution in [0.2, 0.25) is 5.02 Å². The van der Waals surface area contributed by atoms with Crippen molar-refractivity contribution in [2.45, 2.75) is 32.7 Å². The molecule has 27 heavy (non-hydrogen) atoms. The summed E-state index contributed by atoms with van der Waals surface area (Å²) in [6, 6.07) is 8.24. The van der Waals surface area contributed by atoms with Crippen molar-refractivity contribution >= 4 is 29.0 Å². The lowest BCUT2D eigenvalue weighted by atomic mass is 10.2. The summed E-state index contributed by atoms with van der Waals surface area (Å²) in [6.07, 6.45) is 1.80. The minimum Gasteiger partial charge on any atom is -0.338 e. The summed E-state index contributed by atoms with van der Waals surface area (Å²) >= 11 is 7.55. The van der Waals surface area contributed by atoms with Crippen molar-refractivity contribution in [3.05, 3.63) is 40.4 Å². The molecular formula is C20H27ClN4OS. The first-order valence-corrected chi connectivity index (χ1v) is 10.8. The Hall–Kier alpha value is -1.63. The summed E-state index contributed by atoms with van der Waals surface area (Å²) in [5.41, 5.74) is 2.08. The molecule has 7 heteroatoms. The van der Waals surface area contributed by atoms with Crippen LogP contribution in [-0.4, -0.2) is 59.6 Å². The highest BCUT2D eigenvalue weighted by Gasteiger charge is 2.28. The highest BCUT2D eigenvalue weighted by atomic mass is 35.5. The van der Waals surface area contributed by atoms with Gasteiger partial charge in [0.2, 0.25) is 0 Å². The number of carbonyl (C=O) groups is 1. The van der Waals surface area contributed by atoms with E-state index in [9.17, 15) is 4.79 Å². The van der Waals surface area contributed by atoms with Crippen LogP contribution in [0.3, 0.4) is 0 Å². The van der Waals surface area contributed by atoms with Crippen LogP contribution in [0.15, 0.2) is 29.6 Å². The van der Waals surface area contributed by atoms with E-state index in [2.05, 4.69) is 34.4 Å². The van der Waals surface area contributed by atoms with Gasteiger partial charge in [-0.2, -0.15) is 0 Å². The Morgan fingerprint density at radius 1 is 1.33 bits per heavy atom. The van der Waals surface area contributed by atoms with Crippen molar-refractivity contribution in [1.82, 2.24) is 20.1 Å². The van der Waals surface area contributed by atoms with Gasteiger partial charge in [0, 0.05) is 48.1 Å². The molecule has 0 radical (unpaired) electrons. The van der Waals surface area contributed by atoms with Crippen LogP contribution in [0, 0.1) is 0 Å². The summed E-state index contributed by atoms with van der Waals surface area (Å²) in [7, 11) is 0. The van der Waals surface area contributed by atoms with Crippen molar-refractivity contribution in [1.29, 1.82) is 0 Å². The van der Waals surface area contributed by atoms with E-state index >= 15 is 0 Å². The highest BCUT2D eigenvalue weighted by molar-refractivity contribution is 7.13. The Balaban J connectivity index is 1.45. The molecule has 5 nitrogen and oxygen atoms in total. The molecule has 1 aliphatic heterocycles. The fourth-order valence-corrected chi connectivity index (χ4v) is 4.51. The van der Waals surface area contributed by atoms with E-state index < -0.39 is 0 Å². The predicted octanol–water partition coefficient (Wildman–Crippen LogP) is 4.13. The second kappa shape index (κ2) is 9.53. The number of rotatable bonds is 7. The third-order valence-corrected chi connectivity index (χ3v) is 6.27. The molecule has 1 aromatic heterocycles. The van der Waals surface area contributed by atoms with E-state index in [1.807, 2.05) is 29.2 Å². The van der Waals surface area contributed by atoms with E-state index in [0.29, 0.717) is 12.6 Å². The third kappa shape index (κ3) is 5.21. The number of thiazole rings is 1. The van der Waals surface area contributed by atoms with Crippen LogP contribution in [-0.2, 0) is 6.42 Å². The second-order valence-corrected chi connectivity index (χ2v) is 8.04. The molecule has 146 valence electrons. The van der Waals surface area contributed by atoms with Gasteiger partial charge >= 0.3 is 6.03 Å². The number of amides is 2. The third-order valence-electron chi connectivity index (χ3n) is 5.08. The first kappa shape index (κ1) is 20.1. The Morgan fingerprint density at radius 2 is 2.07 bits per heavy atom. The van der Waals surface area contributed by atoms with Gasteiger partial charge in [0.15, 0.2) is 0 Å². The Labute approximate surface area is 170 Å². The maximum Gasteiger partial charge on any atom is 0.317 e. The van der Waals surface area contributed by atoms with E-state index in [-0.39, 0.29) is 6.03 Å². The van der Waals surface area contributed by atoms with E-state index in [4.69, 9.17) is 11.6 Å². The Bertz CT molecular complexity index is 745. The summed E-state index contributed by atoms with van der Waals surface area (Å²) in [6.45, 7) is 8.70. The average molecular weight is 407 g/mol. The smallest absolute Gasteiger partial charge is 0.317 e. The summed E-state index contributed by atoms with van der Waals surface area (Å²) in [5, 5.41) is 6.81. The number of hydrogen-bond donors (Lipinski definition) is 1. The number of benzene rings is 1. The number of halogens is 1. The van der Waals surface area contributed by atoms with E-state index in [1.165, 1.54) is 0 Å².